The van der Waals surface area contributed by atoms with E-state index in [9.17, 15) is 8.78 Å². The molecule has 68 valence electrons. The van der Waals surface area contributed by atoms with Gasteiger partial charge in [0.1, 0.15) is 0 Å². The molecule has 0 amide bonds. The summed E-state index contributed by atoms with van der Waals surface area (Å²) in [6, 6.07) is 0. The molecule has 12 heavy (non-hydrogen) atoms. The van der Waals surface area contributed by atoms with Gasteiger partial charge in [0.2, 0.25) is 0 Å². The zero-order chi connectivity index (χ0) is 9.35. The van der Waals surface area contributed by atoms with Crippen LogP contribution in [0.25, 0.3) is 0 Å². The molecule has 3 heteroatoms. The molecule has 0 saturated carbocycles. The first kappa shape index (κ1) is 9.23. The normalized spacial score (nSPS) is 27.5. The average Bonchev–Trinajstić information content (AvgIpc) is 2.14. The van der Waals surface area contributed by atoms with Gasteiger partial charge in [0.15, 0.2) is 0 Å². The third kappa shape index (κ3) is 1.24. The van der Waals surface area contributed by atoms with E-state index < -0.39 is 11.8 Å². The third-order valence-electron chi connectivity index (χ3n) is 2.24. The van der Waals surface area contributed by atoms with E-state index in [1.807, 2.05) is 0 Å². The molecule has 1 atom stereocenters. The Morgan fingerprint density at radius 1 is 1.67 bits per heavy atom. The quantitative estimate of drug-likeness (QED) is 0.677. The van der Waals surface area contributed by atoms with E-state index in [4.69, 9.17) is 0 Å². The highest BCUT2D eigenvalue weighted by molar-refractivity contribution is 5.27. The Labute approximate surface area is 71.2 Å². The Bertz CT molecular complexity index is 231. The summed E-state index contributed by atoms with van der Waals surface area (Å²) < 4.78 is 26.5. The van der Waals surface area contributed by atoms with Crippen molar-refractivity contribution in [3.8, 4) is 0 Å². The van der Waals surface area contributed by atoms with Crippen LogP contribution in [0, 0.1) is 5.92 Å². The minimum atomic E-state index is -2.71. The van der Waals surface area contributed by atoms with Gasteiger partial charge in [-0.15, -0.1) is 0 Å². The number of halogens is 2. The summed E-state index contributed by atoms with van der Waals surface area (Å²) in [5.74, 6) is -3.31. The molecule has 0 fully saturated rings. The van der Waals surface area contributed by atoms with Gasteiger partial charge < -0.3 is 5.32 Å². The van der Waals surface area contributed by atoms with E-state index in [2.05, 4.69) is 11.9 Å². The Balaban J connectivity index is 2.93. The lowest BCUT2D eigenvalue weighted by molar-refractivity contribution is -0.00535. The van der Waals surface area contributed by atoms with Gasteiger partial charge in [-0.1, -0.05) is 13.5 Å². The Hall–Kier alpha value is -0.860. The highest BCUT2D eigenvalue weighted by Gasteiger charge is 2.46. The molecule has 0 aromatic heterocycles. The molecular formula is C9H13F2N. The average molecular weight is 173 g/mol. The minimum absolute atomic E-state index is 0.0324. The number of rotatable bonds is 2. The molecule has 0 spiro atoms. The summed E-state index contributed by atoms with van der Waals surface area (Å²) in [5, 5.41) is 2.51. The van der Waals surface area contributed by atoms with Crippen molar-refractivity contribution < 1.29 is 8.78 Å². The number of alkyl halides is 2. The van der Waals surface area contributed by atoms with Crippen molar-refractivity contribution in [1.82, 2.24) is 5.32 Å². The second kappa shape index (κ2) is 2.88. The highest BCUT2D eigenvalue weighted by Crippen LogP contribution is 2.42. The van der Waals surface area contributed by atoms with Crippen molar-refractivity contribution in [2.45, 2.75) is 26.2 Å². The molecule has 1 N–H and O–H groups in total. The SMILES string of the molecule is C=CNC1=C(C)CC(C)C1(F)F. The first-order chi connectivity index (χ1) is 5.50. The van der Waals surface area contributed by atoms with Crippen LogP contribution in [0.5, 0.6) is 0 Å². The lowest BCUT2D eigenvalue weighted by atomic mass is 10.1. The summed E-state index contributed by atoms with van der Waals surface area (Å²) in [5.41, 5.74) is 0.761. The Morgan fingerprint density at radius 3 is 2.58 bits per heavy atom. The van der Waals surface area contributed by atoms with Crippen LogP contribution in [0.15, 0.2) is 24.0 Å². The zero-order valence-corrected chi connectivity index (χ0v) is 7.32. The predicted molar refractivity (Wildman–Crippen MR) is 44.8 cm³/mol. The number of hydrogen-bond donors (Lipinski definition) is 1. The smallest absolute Gasteiger partial charge is 0.290 e. The molecule has 0 aliphatic heterocycles. The van der Waals surface area contributed by atoms with Crippen LogP contribution in [-0.4, -0.2) is 5.92 Å². The molecule has 1 aliphatic carbocycles. The van der Waals surface area contributed by atoms with E-state index in [0.717, 1.165) is 5.57 Å². The highest BCUT2D eigenvalue weighted by atomic mass is 19.3. The van der Waals surface area contributed by atoms with Gasteiger partial charge in [0.05, 0.1) is 5.70 Å². The summed E-state index contributed by atoms with van der Waals surface area (Å²) in [7, 11) is 0. The van der Waals surface area contributed by atoms with Crippen LogP contribution >= 0.6 is 0 Å². The standard InChI is InChI=1S/C9H13F2N/c1-4-12-8-6(2)5-7(3)9(8,10)11/h4,7,12H,1,5H2,2-3H3. The van der Waals surface area contributed by atoms with Gasteiger partial charge in [-0.3, -0.25) is 0 Å². The Morgan fingerprint density at radius 2 is 2.25 bits per heavy atom. The number of allylic oxidation sites excluding steroid dienone is 2. The maximum absolute atomic E-state index is 13.3. The van der Waals surface area contributed by atoms with Crippen molar-refractivity contribution >= 4 is 0 Å². The molecule has 0 aromatic carbocycles. The van der Waals surface area contributed by atoms with E-state index in [1.165, 1.54) is 6.20 Å². The lowest BCUT2D eigenvalue weighted by Crippen LogP contribution is -2.29. The molecule has 0 aromatic rings. The second-order valence-corrected chi connectivity index (χ2v) is 3.23. The van der Waals surface area contributed by atoms with Crippen molar-refractivity contribution in [1.29, 1.82) is 0 Å². The number of hydrogen-bond acceptors (Lipinski definition) is 1. The zero-order valence-electron chi connectivity index (χ0n) is 7.32. The van der Waals surface area contributed by atoms with Gasteiger partial charge in [0, 0.05) is 5.92 Å². The topological polar surface area (TPSA) is 12.0 Å². The number of nitrogens with one attached hydrogen (secondary N) is 1. The van der Waals surface area contributed by atoms with Crippen LogP contribution in [0.4, 0.5) is 8.78 Å². The summed E-state index contributed by atoms with van der Waals surface area (Å²) >= 11 is 0. The van der Waals surface area contributed by atoms with Crippen LogP contribution in [-0.2, 0) is 0 Å². The largest absolute Gasteiger partial charge is 0.361 e. The molecule has 0 heterocycles. The van der Waals surface area contributed by atoms with Crippen LogP contribution in [0.3, 0.4) is 0 Å². The van der Waals surface area contributed by atoms with Crippen molar-refractivity contribution in [3.63, 3.8) is 0 Å². The fourth-order valence-corrected chi connectivity index (χ4v) is 1.54. The van der Waals surface area contributed by atoms with Gasteiger partial charge in [-0.05, 0) is 25.1 Å². The maximum Gasteiger partial charge on any atom is 0.290 e. The fourth-order valence-electron chi connectivity index (χ4n) is 1.54. The molecule has 0 bridgehead atoms. The molecular weight excluding hydrogens is 160 g/mol. The molecule has 1 unspecified atom stereocenters. The van der Waals surface area contributed by atoms with E-state index in [-0.39, 0.29) is 5.70 Å². The third-order valence-corrected chi connectivity index (χ3v) is 2.24. The molecule has 1 aliphatic rings. The van der Waals surface area contributed by atoms with Crippen molar-refractivity contribution in [3.05, 3.63) is 24.0 Å². The maximum atomic E-state index is 13.3. The van der Waals surface area contributed by atoms with E-state index in [0.29, 0.717) is 6.42 Å². The predicted octanol–water partition coefficient (Wildman–Crippen LogP) is 2.67. The van der Waals surface area contributed by atoms with E-state index in [1.54, 1.807) is 13.8 Å². The Kier molecular flexibility index (Phi) is 2.22. The van der Waals surface area contributed by atoms with Crippen LogP contribution in [0.2, 0.25) is 0 Å². The van der Waals surface area contributed by atoms with Gasteiger partial charge >= 0.3 is 0 Å². The van der Waals surface area contributed by atoms with Crippen molar-refractivity contribution in [2.75, 3.05) is 0 Å². The minimum Gasteiger partial charge on any atom is -0.361 e. The summed E-state index contributed by atoms with van der Waals surface area (Å²) in [6.07, 6.45) is 1.76. The van der Waals surface area contributed by atoms with Gasteiger partial charge in [-0.2, -0.15) is 8.78 Å². The first-order valence-electron chi connectivity index (χ1n) is 3.95. The van der Waals surface area contributed by atoms with Gasteiger partial charge in [-0.25, -0.2) is 0 Å². The van der Waals surface area contributed by atoms with Crippen LogP contribution in [0.1, 0.15) is 20.3 Å². The fraction of sp³-hybridized carbons (Fsp3) is 0.556. The molecule has 0 saturated heterocycles. The molecule has 1 nitrogen and oxygen atoms in total. The second-order valence-electron chi connectivity index (χ2n) is 3.23. The summed E-state index contributed by atoms with van der Waals surface area (Å²) in [6.45, 7) is 6.65. The monoisotopic (exact) mass is 173 g/mol. The first-order valence-corrected chi connectivity index (χ1v) is 3.95. The van der Waals surface area contributed by atoms with Crippen LogP contribution < -0.4 is 5.32 Å². The van der Waals surface area contributed by atoms with Gasteiger partial charge in [0.25, 0.3) is 5.92 Å². The summed E-state index contributed by atoms with van der Waals surface area (Å²) in [4.78, 5) is 0. The molecule has 0 radical (unpaired) electrons. The van der Waals surface area contributed by atoms with Crippen molar-refractivity contribution in [2.24, 2.45) is 5.92 Å². The van der Waals surface area contributed by atoms with E-state index >= 15 is 0 Å². The lowest BCUT2D eigenvalue weighted by Gasteiger charge is -2.18. The molecule has 1 rings (SSSR count).